The molecule has 2 atom stereocenters. The van der Waals surface area contributed by atoms with Crippen LogP contribution in [0.3, 0.4) is 0 Å². The molecule has 160 valence electrons. The Balaban J connectivity index is 1.81. The molecule has 1 saturated heterocycles. The molecule has 1 aliphatic rings. The monoisotopic (exact) mass is 426 g/mol. The van der Waals surface area contributed by atoms with Crippen LogP contribution in [0, 0.1) is 0 Å². The second-order valence-electron chi connectivity index (χ2n) is 6.42. The minimum Gasteiger partial charge on any atom is -0.369 e. The molecule has 30 heavy (non-hydrogen) atoms. The molecular weight excluding hydrogens is 409 g/mol. The number of esters is 1. The number of β-lactam (4-membered cyclic amide) rings is 1. The van der Waals surface area contributed by atoms with Gasteiger partial charge in [-0.25, -0.2) is 9.59 Å². The Hall–Kier alpha value is -3.48. The molecule has 0 spiro atoms. The molecule has 1 aliphatic heterocycles. The normalized spacial score (nSPS) is 18.3. The van der Waals surface area contributed by atoms with E-state index in [1.807, 2.05) is 0 Å². The molecule has 10 nitrogen and oxygen atoms in total. The van der Waals surface area contributed by atoms with Crippen LogP contribution in [0.4, 0.5) is 18.0 Å². The van der Waals surface area contributed by atoms with Crippen LogP contribution in [0.1, 0.15) is 11.3 Å². The maximum absolute atomic E-state index is 12.5. The number of ether oxygens (including phenoxy) is 1. The van der Waals surface area contributed by atoms with Gasteiger partial charge in [0.2, 0.25) is 5.91 Å². The summed E-state index contributed by atoms with van der Waals surface area (Å²) in [5, 5.41) is 10.6. The lowest BCUT2D eigenvalue weighted by molar-refractivity contribution is -0.194. The van der Waals surface area contributed by atoms with Gasteiger partial charge in [0.05, 0.1) is 24.5 Å². The fourth-order valence-electron chi connectivity index (χ4n) is 2.88. The van der Waals surface area contributed by atoms with Crippen molar-refractivity contribution >= 4 is 18.0 Å². The van der Waals surface area contributed by atoms with Gasteiger partial charge in [0.25, 0.3) is 0 Å². The van der Waals surface area contributed by atoms with Gasteiger partial charge in [-0.15, -0.1) is 0 Å². The van der Waals surface area contributed by atoms with E-state index < -0.39 is 36.2 Å². The topological polar surface area (TPSA) is 132 Å². The number of aromatic nitrogens is 3. The molecule has 1 fully saturated rings. The van der Waals surface area contributed by atoms with Gasteiger partial charge in [0, 0.05) is 13.1 Å². The summed E-state index contributed by atoms with van der Waals surface area (Å²) < 4.78 is 41.5. The zero-order valence-corrected chi connectivity index (χ0v) is 15.4. The van der Waals surface area contributed by atoms with Crippen LogP contribution < -0.4 is 11.1 Å². The van der Waals surface area contributed by atoms with Crippen molar-refractivity contribution in [3.05, 3.63) is 47.8 Å². The molecule has 2 heterocycles. The molecule has 3 N–H and O–H groups in total. The number of nitrogens with zero attached hydrogens (tertiary/aromatic N) is 4. The summed E-state index contributed by atoms with van der Waals surface area (Å²) in [5.41, 5.74) is 6.48. The number of carbonyl (C=O) groups is 3. The van der Waals surface area contributed by atoms with E-state index in [2.05, 4.69) is 20.3 Å². The van der Waals surface area contributed by atoms with Crippen LogP contribution in [0.5, 0.6) is 0 Å². The highest BCUT2D eigenvalue weighted by Crippen LogP contribution is 2.22. The Bertz CT molecular complexity index is 933. The minimum absolute atomic E-state index is 0.0300. The highest BCUT2D eigenvalue weighted by atomic mass is 19.4. The highest BCUT2D eigenvalue weighted by Gasteiger charge is 2.49. The van der Waals surface area contributed by atoms with Crippen LogP contribution in [0.15, 0.2) is 36.5 Å². The minimum atomic E-state index is -5.35. The van der Waals surface area contributed by atoms with Crippen molar-refractivity contribution in [2.45, 2.75) is 37.9 Å². The third kappa shape index (κ3) is 4.74. The Labute approximate surface area is 167 Å². The first kappa shape index (κ1) is 21.2. The number of nitrogens with two attached hydrogens (primary N) is 1. The molecular formula is C17H17F3N6O4. The summed E-state index contributed by atoms with van der Waals surface area (Å²) in [7, 11) is 0. The van der Waals surface area contributed by atoms with Crippen molar-refractivity contribution < 1.29 is 32.3 Å². The highest BCUT2D eigenvalue weighted by molar-refractivity contribution is 5.94. The average Bonchev–Trinajstić information content (AvgIpc) is 3.15. The Kier molecular flexibility index (Phi) is 6.01. The molecule has 0 unspecified atom stereocenters. The van der Waals surface area contributed by atoms with E-state index in [9.17, 15) is 27.6 Å². The first-order valence-electron chi connectivity index (χ1n) is 8.72. The summed E-state index contributed by atoms with van der Waals surface area (Å²) in [5.74, 6) is -3.28. The average molecular weight is 426 g/mol. The number of alkyl halides is 3. The number of hydrogen-bond acceptors (Lipinski definition) is 7. The molecule has 1 aromatic carbocycles. The number of carbonyl (C=O) groups excluding carboxylic acids is 3. The van der Waals surface area contributed by atoms with E-state index in [1.165, 1.54) is 11.0 Å². The fourth-order valence-corrected chi connectivity index (χ4v) is 2.88. The number of rotatable bonds is 6. The van der Waals surface area contributed by atoms with Gasteiger partial charge >= 0.3 is 18.2 Å². The van der Waals surface area contributed by atoms with Crippen molar-refractivity contribution in [2.24, 2.45) is 5.73 Å². The Morgan fingerprint density at radius 3 is 2.53 bits per heavy atom. The number of nitrogens with one attached hydrogen (secondary N) is 1. The molecule has 0 saturated carbocycles. The molecule has 0 radical (unpaired) electrons. The SMILES string of the molecule is NCc1cnn(C[C@@H]2NC(=O)[C@H]2N(Cc2ccccc2)C(=O)OC(=O)C(F)(F)F)n1. The zero-order valence-electron chi connectivity index (χ0n) is 15.4. The van der Waals surface area contributed by atoms with E-state index in [-0.39, 0.29) is 19.6 Å². The second kappa shape index (κ2) is 8.49. The van der Waals surface area contributed by atoms with E-state index >= 15 is 0 Å². The van der Waals surface area contributed by atoms with Gasteiger partial charge in [0.1, 0.15) is 6.04 Å². The van der Waals surface area contributed by atoms with E-state index in [0.717, 1.165) is 4.90 Å². The van der Waals surface area contributed by atoms with Gasteiger partial charge in [-0.3, -0.25) is 9.69 Å². The maximum atomic E-state index is 12.5. The summed E-state index contributed by atoms with van der Waals surface area (Å²) in [6.07, 6.45) is -5.51. The van der Waals surface area contributed by atoms with Crippen molar-refractivity contribution in [3.8, 4) is 0 Å². The maximum Gasteiger partial charge on any atom is 0.491 e. The van der Waals surface area contributed by atoms with Gasteiger partial charge in [-0.2, -0.15) is 28.2 Å². The van der Waals surface area contributed by atoms with Crippen LogP contribution >= 0.6 is 0 Å². The smallest absolute Gasteiger partial charge is 0.369 e. The first-order valence-corrected chi connectivity index (χ1v) is 8.72. The van der Waals surface area contributed by atoms with E-state index in [1.54, 1.807) is 30.3 Å². The zero-order chi connectivity index (χ0) is 21.9. The van der Waals surface area contributed by atoms with Gasteiger partial charge in [0.15, 0.2) is 0 Å². The summed E-state index contributed by atoms with van der Waals surface area (Å²) in [6, 6.07) is 6.33. The van der Waals surface area contributed by atoms with Gasteiger partial charge in [-0.05, 0) is 5.56 Å². The van der Waals surface area contributed by atoms with E-state index in [0.29, 0.717) is 11.3 Å². The fraction of sp³-hybridized carbons (Fsp3) is 0.353. The molecule has 0 aliphatic carbocycles. The van der Waals surface area contributed by atoms with E-state index in [4.69, 9.17) is 5.73 Å². The summed E-state index contributed by atoms with van der Waals surface area (Å²) >= 11 is 0. The summed E-state index contributed by atoms with van der Waals surface area (Å²) in [4.78, 5) is 37.7. The summed E-state index contributed by atoms with van der Waals surface area (Å²) in [6.45, 7) is -0.0748. The predicted octanol–water partition coefficient (Wildman–Crippen LogP) is 0.331. The first-order chi connectivity index (χ1) is 14.2. The number of amides is 2. The third-order valence-electron chi connectivity index (χ3n) is 4.31. The van der Waals surface area contributed by atoms with Crippen molar-refractivity contribution in [1.29, 1.82) is 0 Å². The quantitative estimate of drug-likeness (QED) is 0.386. The lowest BCUT2D eigenvalue weighted by Crippen LogP contribution is -2.71. The van der Waals surface area contributed by atoms with Crippen molar-refractivity contribution in [3.63, 3.8) is 0 Å². The Morgan fingerprint density at radius 1 is 1.27 bits per heavy atom. The standard InChI is InChI=1S/C17H17F3N6O4/c18-17(19,20)15(28)30-16(29)25(8-10-4-2-1-3-5-10)13-12(23-14(13)27)9-26-22-7-11(6-21)24-26/h1-5,7,12-13H,6,8-9,21H2,(H,23,27)/t12-,13-/m0/s1. The van der Waals surface area contributed by atoms with Crippen LogP contribution in [0.2, 0.25) is 0 Å². The predicted molar refractivity (Wildman–Crippen MR) is 93.2 cm³/mol. The molecule has 1 aromatic heterocycles. The third-order valence-corrected chi connectivity index (χ3v) is 4.31. The number of hydrogen-bond donors (Lipinski definition) is 2. The van der Waals surface area contributed by atoms with Crippen LogP contribution in [-0.2, 0) is 34.0 Å². The van der Waals surface area contributed by atoms with Crippen LogP contribution in [-0.4, -0.2) is 56.1 Å². The van der Waals surface area contributed by atoms with Crippen molar-refractivity contribution in [2.75, 3.05) is 0 Å². The largest absolute Gasteiger partial charge is 0.491 e. The van der Waals surface area contributed by atoms with Crippen molar-refractivity contribution in [1.82, 2.24) is 25.2 Å². The molecule has 2 amide bonds. The lowest BCUT2D eigenvalue weighted by atomic mass is 9.96. The Morgan fingerprint density at radius 2 is 1.97 bits per heavy atom. The molecule has 0 bridgehead atoms. The molecule has 2 aromatic rings. The molecule has 3 rings (SSSR count). The van der Waals surface area contributed by atoms with Gasteiger partial charge < -0.3 is 15.8 Å². The van der Waals surface area contributed by atoms with Gasteiger partial charge in [-0.1, -0.05) is 30.3 Å². The van der Waals surface area contributed by atoms with Crippen LogP contribution in [0.25, 0.3) is 0 Å². The second-order valence-corrected chi connectivity index (χ2v) is 6.42. The number of halogens is 3. The number of benzene rings is 1. The molecule has 13 heteroatoms. The lowest BCUT2D eigenvalue weighted by Gasteiger charge is -2.42.